The molecule has 1 aromatic rings. The van der Waals surface area contributed by atoms with Crippen LogP contribution in [0, 0.1) is 11.3 Å². The minimum absolute atomic E-state index is 0.0954. The number of nitriles is 1. The maximum Gasteiger partial charge on any atom is 0.356 e. The van der Waals surface area contributed by atoms with E-state index in [1.54, 1.807) is 32.0 Å². The van der Waals surface area contributed by atoms with Crippen LogP contribution in [0.25, 0.3) is 0 Å². The summed E-state index contributed by atoms with van der Waals surface area (Å²) in [5.41, 5.74) is 0.892. The first-order valence-corrected chi connectivity index (χ1v) is 8.05. The Hall–Kier alpha value is -3.01. The largest absolute Gasteiger partial charge is 0.462 e. The lowest BCUT2D eigenvalue weighted by atomic mass is 10.2. The van der Waals surface area contributed by atoms with Crippen LogP contribution < -0.4 is 10.2 Å². The molecule has 0 amide bonds. The molecule has 0 saturated carbocycles. The van der Waals surface area contributed by atoms with Crippen molar-refractivity contribution < 1.29 is 19.1 Å². The van der Waals surface area contributed by atoms with Crippen molar-refractivity contribution in [3.8, 4) is 6.07 Å². The Bertz CT molecular complexity index is 675. The number of rotatable bonds is 8. The molecule has 7 nitrogen and oxygen atoms in total. The Morgan fingerprint density at radius 3 is 2.12 bits per heavy atom. The van der Waals surface area contributed by atoms with Crippen molar-refractivity contribution in [2.24, 2.45) is 0 Å². The van der Waals surface area contributed by atoms with Crippen LogP contribution in [0.15, 0.2) is 35.5 Å². The number of carbonyl (C=O) groups is 2. The predicted octanol–water partition coefficient (Wildman–Crippen LogP) is 2.46. The van der Waals surface area contributed by atoms with Crippen LogP contribution in [0.3, 0.4) is 0 Å². The smallest absolute Gasteiger partial charge is 0.356 e. The zero-order valence-electron chi connectivity index (χ0n) is 15.0. The van der Waals surface area contributed by atoms with E-state index in [0.29, 0.717) is 5.69 Å². The second-order valence-corrected chi connectivity index (χ2v) is 4.99. The first kappa shape index (κ1) is 20.0. The van der Waals surface area contributed by atoms with Gasteiger partial charge in [-0.05, 0) is 45.0 Å². The van der Waals surface area contributed by atoms with Gasteiger partial charge < -0.3 is 19.7 Å². The van der Waals surface area contributed by atoms with E-state index in [0.717, 1.165) is 12.2 Å². The lowest BCUT2D eigenvalue weighted by Crippen LogP contribution is -2.21. The molecule has 0 unspecified atom stereocenters. The van der Waals surface area contributed by atoms with Gasteiger partial charge in [0, 0.05) is 25.0 Å². The molecule has 0 aliphatic rings. The van der Waals surface area contributed by atoms with Gasteiger partial charge in [0.05, 0.1) is 13.2 Å². The minimum atomic E-state index is -0.872. The van der Waals surface area contributed by atoms with Gasteiger partial charge in [0.15, 0.2) is 11.3 Å². The highest BCUT2D eigenvalue weighted by atomic mass is 16.5. The molecule has 25 heavy (non-hydrogen) atoms. The van der Waals surface area contributed by atoms with E-state index in [-0.39, 0.29) is 18.9 Å². The van der Waals surface area contributed by atoms with Gasteiger partial charge in [-0.15, -0.1) is 0 Å². The van der Waals surface area contributed by atoms with Crippen molar-refractivity contribution in [2.75, 3.05) is 37.0 Å². The highest BCUT2D eigenvalue weighted by Gasteiger charge is 2.23. The number of hydrogen-bond acceptors (Lipinski definition) is 7. The summed E-state index contributed by atoms with van der Waals surface area (Å²) in [7, 11) is 1.96. The molecule has 0 fully saturated rings. The van der Waals surface area contributed by atoms with E-state index in [1.807, 2.05) is 31.0 Å². The van der Waals surface area contributed by atoms with Crippen molar-refractivity contribution in [1.29, 1.82) is 5.26 Å². The van der Waals surface area contributed by atoms with Crippen LogP contribution in [0.5, 0.6) is 0 Å². The lowest BCUT2D eigenvalue weighted by molar-refractivity contribution is -0.141. The third-order valence-electron chi connectivity index (χ3n) is 3.37. The molecule has 1 rings (SSSR count). The molecular formula is C18H23N3O4. The Labute approximate surface area is 147 Å². The number of ether oxygens (including phenoxy) is 2. The quantitative estimate of drug-likeness (QED) is 0.439. The van der Waals surface area contributed by atoms with Gasteiger partial charge >= 0.3 is 11.9 Å². The van der Waals surface area contributed by atoms with Gasteiger partial charge in [-0.1, -0.05) is 0 Å². The van der Waals surface area contributed by atoms with E-state index < -0.39 is 17.5 Å². The van der Waals surface area contributed by atoms with Crippen molar-refractivity contribution >= 4 is 23.3 Å². The Balaban J connectivity index is 3.19. The molecule has 7 heteroatoms. The third kappa shape index (κ3) is 5.53. The van der Waals surface area contributed by atoms with Crippen LogP contribution in [-0.4, -0.2) is 38.7 Å². The zero-order chi connectivity index (χ0) is 18.8. The summed E-state index contributed by atoms with van der Waals surface area (Å²) in [6.07, 6.45) is 0. The SMILES string of the molecule is CCOC(=O)/C(C#N)=C(/Nc1ccc(N(C)CC)cc1)C(=O)OCC. The maximum atomic E-state index is 12.2. The summed E-state index contributed by atoms with van der Waals surface area (Å²) in [6.45, 7) is 6.35. The monoisotopic (exact) mass is 345 g/mol. The van der Waals surface area contributed by atoms with Crippen LogP contribution in [-0.2, 0) is 19.1 Å². The number of nitrogens with one attached hydrogen (secondary N) is 1. The van der Waals surface area contributed by atoms with E-state index in [9.17, 15) is 14.9 Å². The van der Waals surface area contributed by atoms with Crippen LogP contribution in [0.1, 0.15) is 20.8 Å². The highest BCUT2D eigenvalue weighted by Crippen LogP contribution is 2.20. The molecule has 0 aliphatic heterocycles. The summed E-state index contributed by atoms with van der Waals surface area (Å²) in [5.74, 6) is -1.66. The second kappa shape index (κ2) is 9.98. The molecule has 0 spiro atoms. The normalized spacial score (nSPS) is 11.0. The first-order chi connectivity index (χ1) is 12.0. The lowest BCUT2D eigenvalue weighted by Gasteiger charge is -2.17. The minimum Gasteiger partial charge on any atom is -0.462 e. The fraction of sp³-hybridized carbons (Fsp3) is 0.389. The van der Waals surface area contributed by atoms with Crippen molar-refractivity contribution in [3.05, 3.63) is 35.5 Å². The summed E-state index contributed by atoms with van der Waals surface area (Å²) in [6, 6.07) is 8.95. The van der Waals surface area contributed by atoms with E-state index >= 15 is 0 Å². The van der Waals surface area contributed by atoms with E-state index in [1.165, 1.54) is 0 Å². The molecular weight excluding hydrogens is 322 g/mol. The number of carbonyl (C=O) groups excluding carboxylic acids is 2. The fourth-order valence-electron chi connectivity index (χ4n) is 1.95. The van der Waals surface area contributed by atoms with Gasteiger partial charge in [0.2, 0.25) is 0 Å². The molecule has 1 aromatic carbocycles. The number of nitrogens with zero attached hydrogens (tertiary/aromatic N) is 2. The number of esters is 2. The molecule has 134 valence electrons. The van der Waals surface area contributed by atoms with Gasteiger partial charge in [-0.3, -0.25) is 0 Å². The molecule has 0 saturated heterocycles. The third-order valence-corrected chi connectivity index (χ3v) is 3.37. The topological polar surface area (TPSA) is 91.7 Å². The van der Waals surface area contributed by atoms with Crippen LogP contribution in [0.4, 0.5) is 11.4 Å². The Morgan fingerprint density at radius 2 is 1.64 bits per heavy atom. The number of hydrogen-bond donors (Lipinski definition) is 1. The zero-order valence-corrected chi connectivity index (χ0v) is 15.0. The van der Waals surface area contributed by atoms with E-state index in [4.69, 9.17) is 9.47 Å². The molecule has 0 heterocycles. The summed E-state index contributed by atoms with van der Waals surface area (Å²) in [4.78, 5) is 26.2. The van der Waals surface area contributed by atoms with Gasteiger partial charge in [-0.25, -0.2) is 9.59 Å². The fourth-order valence-corrected chi connectivity index (χ4v) is 1.95. The number of anilines is 2. The standard InChI is InChI=1S/C18H23N3O4/c1-5-21(4)14-10-8-13(9-11-14)20-16(18(23)25-7-3)15(12-19)17(22)24-6-2/h8-11,20H,5-7H2,1-4H3/b16-15+. The summed E-state index contributed by atoms with van der Waals surface area (Å²) < 4.78 is 9.77. The molecule has 0 bridgehead atoms. The molecule has 0 aromatic heterocycles. The molecule has 0 atom stereocenters. The van der Waals surface area contributed by atoms with Crippen molar-refractivity contribution in [2.45, 2.75) is 20.8 Å². The van der Waals surface area contributed by atoms with Gasteiger partial charge in [0.25, 0.3) is 0 Å². The number of benzene rings is 1. The van der Waals surface area contributed by atoms with Gasteiger partial charge in [0.1, 0.15) is 6.07 Å². The first-order valence-electron chi connectivity index (χ1n) is 8.05. The Kier molecular flexibility index (Phi) is 8.00. The summed E-state index contributed by atoms with van der Waals surface area (Å²) >= 11 is 0. The average Bonchev–Trinajstić information content (AvgIpc) is 2.61. The molecule has 0 aliphatic carbocycles. The average molecular weight is 345 g/mol. The second-order valence-electron chi connectivity index (χ2n) is 4.99. The van der Waals surface area contributed by atoms with Crippen LogP contribution >= 0.6 is 0 Å². The predicted molar refractivity (Wildman–Crippen MR) is 94.9 cm³/mol. The Morgan fingerprint density at radius 1 is 1.08 bits per heavy atom. The maximum absolute atomic E-state index is 12.2. The van der Waals surface area contributed by atoms with Crippen LogP contribution in [0.2, 0.25) is 0 Å². The molecule has 0 radical (unpaired) electrons. The molecule has 1 N–H and O–H groups in total. The van der Waals surface area contributed by atoms with E-state index in [2.05, 4.69) is 5.32 Å². The summed E-state index contributed by atoms with van der Waals surface area (Å²) in [5, 5.41) is 12.1. The highest BCUT2D eigenvalue weighted by molar-refractivity contribution is 6.05. The van der Waals surface area contributed by atoms with Crippen molar-refractivity contribution in [3.63, 3.8) is 0 Å². The van der Waals surface area contributed by atoms with Gasteiger partial charge in [-0.2, -0.15) is 5.26 Å². The van der Waals surface area contributed by atoms with Crippen molar-refractivity contribution in [1.82, 2.24) is 0 Å².